The topological polar surface area (TPSA) is 8.17 Å². The zero-order valence-electron chi connectivity index (χ0n) is 24.9. The van der Waals surface area contributed by atoms with Crippen molar-refractivity contribution >= 4 is 60.3 Å². The summed E-state index contributed by atoms with van der Waals surface area (Å²) in [7, 11) is 0. The van der Waals surface area contributed by atoms with E-state index in [0.717, 1.165) is 0 Å². The maximum Gasteiger partial charge on any atom is 0.0763 e. The van der Waals surface area contributed by atoms with Gasteiger partial charge in [-0.25, -0.2) is 0 Å². The molecular weight excluding hydrogens is 520 g/mol. The highest BCUT2D eigenvalue weighted by Crippen LogP contribution is 2.59. The lowest BCUT2D eigenvalue weighted by Crippen LogP contribution is -2.32. The zero-order chi connectivity index (χ0) is 29.0. The third-order valence-electron chi connectivity index (χ3n) is 9.79. The second-order valence-electron chi connectivity index (χ2n) is 12.8. The fourth-order valence-corrected chi connectivity index (χ4v) is 7.92. The Morgan fingerprint density at radius 1 is 0.558 bits per heavy atom. The van der Waals surface area contributed by atoms with Gasteiger partial charge in [-0.05, 0) is 82.2 Å². The summed E-state index contributed by atoms with van der Waals surface area (Å²) in [6, 6.07) is 45.2. The Bertz CT molecular complexity index is 2370. The first kappa shape index (κ1) is 24.5. The molecule has 0 amide bonds. The normalized spacial score (nSPS) is 14.2. The molecular formula is C41H32N2. The van der Waals surface area contributed by atoms with Gasteiger partial charge in [0.25, 0.3) is 0 Å². The second kappa shape index (κ2) is 8.49. The molecule has 1 aliphatic rings. The molecule has 1 aromatic heterocycles. The third-order valence-corrected chi connectivity index (χ3v) is 9.79. The van der Waals surface area contributed by atoms with Crippen LogP contribution in [0.2, 0.25) is 0 Å². The first-order valence-corrected chi connectivity index (χ1v) is 15.2. The van der Waals surface area contributed by atoms with E-state index < -0.39 is 0 Å². The van der Waals surface area contributed by atoms with Gasteiger partial charge in [0.1, 0.15) is 0 Å². The lowest BCUT2D eigenvalue weighted by atomic mass is 9.74. The van der Waals surface area contributed by atoms with Crippen LogP contribution in [0.3, 0.4) is 0 Å². The van der Waals surface area contributed by atoms with Crippen LogP contribution in [0.5, 0.6) is 0 Å². The highest BCUT2D eigenvalue weighted by molar-refractivity contribution is 6.27. The van der Waals surface area contributed by atoms with Crippen LogP contribution in [0.1, 0.15) is 36.2 Å². The molecule has 0 saturated heterocycles. The highest BCUT2D eigenvalue weighted by Gasteiger charge is 2.43. The maximum atomic E-state index is 2.60. The van der Waals surface area contributed by atoms with E-state index in [1.54, 1.807) is 0 Å². The van der Waals surface area contributed by atoms with E-state index in [4.69, 9.17) is 0 Å². The quantitative estimate of drug-likeness (QED) is 0.194. The Morgan fingerprint density at radius 3 is 2.07 bits per heavy atom. The molecule has 7 aromatic carbocycles. The van der Waals surface area contributed by atoms with E-state index in [2.05, 4.69) is 158 Å². The van der Waals surface area contributed by atoms with Crippen molar-refractivity contribution in [1.82, 2.24) is 4.57 Å². The summed E-state index contributed by atoms with van der Waals surface area (Å²) < 4.78 is 2.51. The summed E-state index contributed by atoms with van der Waals surface area (Å²) in [6.07, 6.45) is 0. The van der Waals surface area contributed by atoms with Crippen LogP contribution >= 0.6 is 0 Å². The van der Waals surface area contributed by atoms with Crippen molar-refractivity contribution in [3.8, 4) is 5.69 Å². The fourth-order valence-electron chi connectivity index (χ4n) is 7.92. The van der Waals surface area contributed by atoms with Gasteiger partial charge in [-0.2, -0.15) is 0 Å². The van der Waals surface area contributed by atoms with Crippen molar-refractivity contribution in [2.75, 3.05) is 4.90 Å². The molecule has 0 N–H and O–H groups in total. The van der Waals surface area contributed by atoms with Gasteiger partial charge < -0.3 is 9.47 Å². The molecule has 2 heteroatoms. The average molecular weight is 553 g/mol. The smallest absolute Gasteiger partial charge is 0.0763 e. The largest absolute Gasteiger partial charge is 0.311 e. The molecule has 8 aromatic rings. The van der Waals surface area contributed by atoms with Crippen LogP contribution in [0.15, 0.2) is 121 Å². The number of hydrogen-bond acceptors (Lipinski definition) is 1. The molecule has 43 heavy (non-hydrogen) atoms. The highest BCUT2D eigenvalue weighted by atomic mass is 15.2. The summed E-state index contributed by atoms with van der Waals surface area (Å²) in [5.41, 5.74) is 11.2. The van der Waals surface area contributed by atoms with Gasteiger partial charge in [0.15, 0.2) is 0 Å². The zero-order valence-corrected chi connectivity index (χ0v) is 24.9. The summed E-state index contributed by atoms with van der Waals surface area (Å²) in [4.78, 5) is 2.60. The lowest BCUT2D eigenvalue weighted by molar-refractivity contribution is 0.599. The van der Waals surface area contributed by atoms with Crippen LogP contribution in [0.25, 0.3) is 48.9 Å². The van der Waals surface area contributed by atoms with E-state index in [-0.39, 0.29) is 5.41 Å². The third kappa shape index (κ3) is 3.18. The van der Waals surface area contributed by atoms with E-state index in [1.165, 1.54) is 88.4 Å². The van der Waals surface area contributed by atoms with Crippen molar-refractivity contribution < 1.29 is 0 Å². The Balaban J connectivity index is 1.52. The molecule has 2 heterocycles. The lowest BCUT2D eigenvalue weighted by Gasteiger charge is -2.43. The molecule has 0 bridgehead atoms. The summed E-state index contributed by atoms with van der Waals surface area (Å²) >= 11 is 0. The number of benzene rings is 7. The second-order valence-corrected chi connectivity index (χ2v) is 12.8. The summed E-state index contributed by atoms with van der Waals surface area (Å²) in [5.74, 6) is 0. The van der Waals surface area contributed by atoms with Gasteiger partial charge in [-0.3, -0.25) is 0 Å². The molecule has 0 unspecified atom stereocenters. The number of hydrogen-bond donors (Lipinski definition) is 0. The van der Waals surface area contributed by atoms with Gasteiger partial charge in [0.05, 0.1) is 22.6 Å². The maximum absolute atomic E-state index is 2.60. The predicted molar refractivity (Wildman–Crippen MR) is 183 cm³/mol. The number of fused-ring (bicyclic) bond motifs is 5. The molecule has 0 radical (unpaired) electrons. The van der Waals surface area contributed by atoms with Crippen molar-refractivity contribution in [3.05, 3.63) is 144 Å². The fraction of sp³-hybridized carbons (Fsp3) is 0.122. The van der Waals surface area contributed by atoms with Crippen LogP contribution in [0.4, 0.5) is 17.1 Å². The first-order chi connectivity index (χ1) is 20.9. The molecule has 0 spiro atoms. The Labute approximate surface area is 251 Å². The Morgan fingerprint density at radius 2 is 1.28 bits per heavy atom. The van der Waals surface area contributed by atoms with Crippen molar-refractivity contribution in [2.45, 2.75) is 33.1 Å². The minimum absolute atomic E-state index is 0.279. The number of rotatable bonds is 2. The van der Waals surface area contributed by atoms with E-state index in [9.17, 15) is 0 Å². The predicted octanol–water partition coefficient (Wildman–Crippen LogP) is 11.3. The molecule has 2 nitrogen and oxygen atoms in total. The molecule has 1 aliphatic heterocycles. The van der Waals surface area contributed by atoms with Crippen LogP contribution in [-0.2, 0) is 5.41 Å². The SMILES string of the molecule is Cc1ccc(N2c3c(cc4ccc5cccc6ccc3c4c56)C(C)(C)c3c2c2ccccc2n3-c2ccccc2)c(C)c1. The van der Waals surface area contributed by atoms with Gasteiger partial charge in [-0.15, -0.1) is 0 Å². The Kier molecular flexibility index (Phi) is 4.84. The summed E-state index contributed by atoms with van der Waals surface area (Å²) in [6.45, 7) is 9.28. The molecule has 206 valence electrons. The molecule has 0 atom stereocenters. The van der Waals surface area contributed by atoms with Crippen molar-refractivity contribution in [2.24, 2.45) is 0 Å². The van der Waals surface area contributed by atoms with Gasteiger partial charge in [-0.1, -0.05) is 110 Å². The molecule has 9 rings (SSSR count). The van der Waals surface area contributed by atoms with Gasteiger partial charge >= 0.3 is 0 Å². The van der Waals surface area contributed by atoms with E-state index >= 15 is 0 Å². The summed E-state index contributed by atoms with van der Waals surface area (Å²) in [5, 5.41) is 9.19. The molecule has 0 saturated carbocycles. The van der Waals surface area contributed by atoms with Crippen molar-refractivity contribution in [1.29, 1.82) is 0 Å². The van der Waals surface area contributed by atoms with Gasteiger partial charge in [0.2, 0.25) is 0 Å². The molecule has 0 aliphatic carbocycles. The van der Waals surface area contributed by atoms with Crippen LogP contribution in [0, 0.1) is 13.8 Å². The van der Waals surface area contributed by atoms with Crippen LogP contribution in [-0.4, -0.2) is 4.57 Å². The minimum atomic E-state index is -0.279. The molecule has 0 fully saturated rings. The number of nitrogens with zero attached hydrogens (tertiary/aromatic N) is 2. The standard InChI is InChI=1S/C41H32N2/c1-25-17-22-34(26(2)23-25)43-38-32-21-20-28-12-10-11-27-18-19-29(37(32)36(27)28)24-33(38)41(3,4)40-39(43)31-15-8-9-16-35(31)42(40)30-13-6-5-7-14-30/h5-24H,1-4H3. The number of anilines is 3. The number of para-hydroxylation sites is 2. The Hall–Kier alpha value is -5.08. The van der Waals surface area contributed by atoms with Crippen LogP contribution < -0.4 is 4.90 Å². The minimum Gasteiger partial charge on any atom is -0.311 e. The van der Waals surface area contributed by atoms with E-state index in [0.29, 0.717) is 0 Å². The van der Waals surface area contributed by atoms with Gasteiger partial charge in [0, 0.05) is 27.6 Å². The first-order valence-electron chi connectivity index (χ1n) is 15.2. The number of aromatic nitrogens is 1. The van der Waals surface area contributed by atoms with Crippen molar-refractivity contribution in [3.63, 3.8) is 0 Å². The van der Waals surface area contributed by atoms with E-state index in [1.807, 2.05) is 0 Å². The number of aryl methyl sites for hydroxylation is 2. The average Bonchev–Trinajstić information content (AvgIpc) is 3.37. The monoisotopic (exact) mass is 552 g/mol.